The van der Waals surface area contributed by atoms with Crippen molar-refractivity contribution in [3.05, 3.63) is 23.3 Å². The van der Waals surface area contributed by atoms with Gasteiger partial charge < -0.3 is 4.74 Å². The first-order valence-corrected chi connectivity index (χ1v) is 8.93. The predicted octanol–water partition coefficient (Wildman–Crippen LogP) is 5.83. The molecule has 0 bridgehead atoms. The van der Waals surface area contributed by atoms with Crippen LogP contribution in [0.15, 0.2) is 23.3 Å². The molecular formula is C20H34O2. The average molecular weight is 306 g/mol. The number of rotatable bonds is 8. The molecule has 1 saturated carbocycles. The Morgan fingerprint density at radius 3 is 2.45 bits per heavy atom. The van der Waals surface area contributed by atoms with Crippen LogP contribution in [0.2, 0.25) is 0 Å². The van der Waals surface area contributed by atoms with Crippen molar-refractivity contribution in [3.63, 3.8) is 0 Å². The Kier molecular flexibility index (Phi) is 9.19. The maximum absolute atomic E-state index is 12.0. The summed E-state index contributed by atoms with van der Waals surface area (Å²) < 4.78 is 4.98. The molecule has 1 rings (SSSR count). The number of esters is 1. The van der Waals surface area contributed by atoms with Crippen molar-refractivity contribution in [2.75, 3.05) is 7.11 Å². The maximum Gasteiger partial charge on any atom is 0.333 e. The molecule has 22 heavy (non-hydrogen) atoms. The number of hydrogen-bond acceptors (Lipinski definition) is 2. The van der Waals surface area contributed by atoms with E-state index in [2.05, 4.69) is 32.9 Å². The molecule has 0 amide bonds. The Balaban J connectivity index is 2.50. The van der Waals surface area contributed by atoms with E-state index in [9.17, 15) is 4.79 Å². The molecule has 1 atom stereocenters. The van der Waals surface area contributed by atoms with Crippen LogP contribution in [0.1, 0.15) is 78.6 Å². The predicted molar refractivity (Wildman–Crippen MR) is 93.7 cm³/mol. The van der Waals surface area contributed by atoms with Crippen LogP contribution in [-0.4, -0.2) is 13.1 Å². The smallest absolute Gasteiger partial charge is 0.333 e. The summed E-state index contributed by atoms with van der Waals surface area (Å²) in [5.74, 6) is 1.17. The number of carbonyl (C=O) groups is 1. The van der Waals surface area contributed by atoms with Crippen LogP contribution in [0.4, 0.5) is 0 Å². The zero-order chi connectivity index (χ0) is 16.4. The van der Waals surface area contributed by atoms with Gasteiger partial charge in [-0.25, -0.2) is 4.79 Å². The molecule has 1 aliphatic rings. The summed E-state index contributed by atoms with van der Waals surface area (Å²) >= 11 is 0. The Hall–Kier alpha value is -1.05. The van der Waals surface area contributed by atoms with Crippen molar-refractivity contribution in [2.24, 2.45) is 11.8 Å². The third kappa shape index (κ3) is 7.82. The van der Waals surface area contributed by atoms with Crippen molar-refractivity contribution in [3.8, 4) is 0 Å². The number of carbonyl (C=O) groups excluding carboxylic acids is 1. The summed E-state index contributed by atoms with van der Waals surface area (Å²) in [7, 11) is 1.50. The van der Waals surface area contributed by atoms with Crippen LogP contribution in [0.25, 0.3) is 0 Å². The molecule has 0 aliphatic heterocycles. The van der Waals surface area contributed by atoms with Crippen LogP contribution < -0.4 is 0 Å². The molecule has 2 nitrogen and oxygen atoms in total. The van der Waals surface area contributed by atoms with Crippen molar-refractivity contribution in [2.45, 2.75) is 78.6 Å². The van der Waals surface area contributed by atoms with E-state index in [1.165, 1.54) is 51.2 Å². The molecule has 0 aromatic rings. The molecule has 0 aromatic carbocycles. The fourth-order valence-electron chi connectivity index (χ4n) is 3.20. The van der Waals surface area contributed by atoms with E-state index < -0.39 is 0 Å². The highest BCUT2D eigenvalue weighted by Gasteiger charge is 2.19. The molecular weight excluding hydrogens is 272 g/mol. The normalized spacial score (nSPS) is 17.9. The second kappa shape index (κ2) is 10.6. The summed E-state index contributed by atoms with van der Waals surface area (Å²) in [6.45, 7) is 6.55. The van der Waals surface area contributed by atoms with Crippen molar-refractivity contribution >= 4 is 5.97 Å². The minimum atomic E-state index is -0.123. The van der Waals surface area contributed by atoms with Crippen molar-refractivity contribution < 1.29 is 9.53 Å². The summed E-state index contributed by atoms with van der Waals surface area (Å²) in [5.41, 5.74) is 2.29. The largest absolute Gasteiger partial charge is 0.466 e. The highest BCUT2D eigenvalue weighted by atomic mass is 16.5. The van der Waals surface area contributed by atoms with E-state index in [4.69, 9.17) is 4.74 Å². The molecule has 0 N–H and O–H groups in total. The van der Waals surface area contributed by atoms with E-state index in [0.717, 1.165) is 24.8 Å². The van der Waals surface area contributed by atoms with Crippen LogP contribution in [0.5, 0.6) is 0 Å². The Morgan fingerprint density at radius 2 is 1.86 bits per heavy atom. The molecule has 0 saturated heterocycles. The lowest BCUT2D eigenvalue weighted by Crippen LogP contribution is -2.13. The summed E-state index contributed by atoms with van der Waals surface area (Å²) in [6.07, 6.45) is 15.2. The van der Waals surface area contributed by atoms with Gasteiger partial charge in [0.25, 0.3) is 0 Å². The third-order valence-electron chi connectivity index (χ3n) is 4.66. The van der Waals surface area contributed by atoms with Gasteiger partial charge in [-0.2, -0.15) is 0 Å². The maximum atomic E-state index is 12.0. The van der Waals surface area contributed by atoms with Crippen LogP contribution in [0, 0.1) is 11.8 Å². The lowest BCUT2D eigenvalue weighted by molar-refractivity contribution is -0.136. The monoisotopic (exact) mass is 306 g/mol. The molecule has 0 aromatic heterocycles. The topological polar surface area (TPSA) is 26.3 Å². The Labute approximate surface area is 137 Å². The molecule has 0 radical (unpaired) electrons. The van der Waals surface area contributed by atoms with Crippen LogP contribution >= 0.6 is 0 Å². The van der Waals surface area contributed by atoms with Crippen LogP contribution in [0.3, 0.4) is 0 Å². The highest BCUT2D eigenvalue weighted by Crippen LogP contribution is 2.29. The van der Waals surface area contributed by atoms with E-state index >= 15 is 0 Å². The van der Waals surface area contributed by atoms with Gasteiger partial charge >= 0.3 is 5.97 Å². The molecule has 0 heterocycles. The lowest BCUT2D eigenvalue weighted by atomic mass is 9.84. The van der Waals surface area contributed by atoms with Gasteiger partial charge in [-0.1, -0.05) is 56.8 Å². The zero-order valence-electron chi connectivity index (χ0n) is 15.0. The fourth-order valence-corrected chi connectivity index (χ4v) is 3.20. The summed E-state index contributed by atoms with van der Waals surface area (Å²) in [4.78, 5) is 12.0. The minimum absolute atomic E-state index is 0.123. The van der Waals surface area contributed by atoms with Crippen molar-refractivity contribution in [1.82, 2.24) is 0 Å². The molecule has 2 heteroatoms. The number of allylic oxidation sites excluding steroid dienone is 3. The SMILES string of the molecule is COC(=O)/C(=C/CC(C)CCC=C(C)C)CC1CCCCC1. The molecule has 1 unspecified atom stereocenters. The van der Waals surface area contributed by atoms with E-state index in [-0.39, 0.29) is 5.97 Å². The quantitative estimate of drug-likeness (QED) is 0.320. The van der Waals surface area contributed by atoms with Gasteiger partial charge in [0, 0.05) is 5.57 Å². The van der Waals surface area contributed by atoms with Crippen LogP contribution in [-0.2, 0) is 9.53 Å². The number of methoxy groups -OCH3 is 1. The average Bonchev–Trinajstić information content (AvgIpc) is 2.51. The van der Waals surface area contributed by atoms with Gasteiger partial charge in [0.1, 0.15) is 0 Å². The van der Waals surface area contributed by atoms with E-state index in [1.54, 1.807) is 0 Å². The minimum Gasteiger partial charge on any atom is -0.466 e. The van der Waals surface area contributed by atoms with Gasteiger partial charge in [0.15, 0.2) is 0 Å². The van der Waals surface area contributed by atoms with E-state index in [0.29, 0.717) is 11.8 Å². The van der Waals surface area contributed by atoms with E-state index in [1.807, 2.05) is 0 Å². The first kappa shape index (κ1) is 19.0. The first-order chi connectivity index (χ1) is 10.5. The standard InChI is InChI=1S/C20H34O2/c1-16(2)9-8-10-17(3)13-14-19(20(21)22-4)15-18-11-6-5-7-12-18/h9,14,17-18H,5-8,10-13,15H2,1-4H3/b19-14+. The molecule has 1 aliphatic carbocycles. The zero-order valence-corrected chi connectivity index (χ0v) is 15.0. The summed E-state index contributed by atoms with van der Waals surface area (Å²) in [5, 5.41) is 0. The molecule has 126 valence electrons. The fraction of sp³-hybridized carbons (Fsp3) is 0.750. The Bertz CT molecular complexity index is 383. The molecule has 1 fully saturated rings. The van der Waals surface area contributed by atoms with Gasteiger partial charge in [0.05, 0.1) is 7.11 Å². The van der Waals surface area contributed by atoms with Gasteiger partial charge in [-0.05, 0) is 51.4 Å². The van der Waals surface area contributed by atoms with Gasteiger partial charge in [-0.3, -0.25) is 0 Å². The second-order valence-electron chi connectivity index (χ2n) is 7.13. The second-order valence-corrected chi connectivity index (χ2v) is 7.13. The molecule has 0 spiro atoms. The summed E-state index contributed by atoms with van der Waals surface area (Å²) in [6, 6.07) is 0. The lowest BCUT2D eigenvalue weighted by Gasteiger charge is -2.22. The number of hydrogen-bond donors (Lipinski definition) is 0. The van der Waals surface area contributed by atoms with Gasteiger partial charge in [-0.15, -0.1) is 0 Å². The highest BCUT2D eigenvalue weighted by molar-refractivity contribution is 5.88. The first-order valence-electron chi connectivity index (χ1n) is 8.93. The van der Waals surface area contributed by atoms with Crippen molar-refractivity contribution in [1.29, 1.82) is 0 Å². The Morgan fingerprint density at radius 1 is 1.18 bits per heavy atom. The third-order valence-corrected chi connectivity index (χ3v) is 4.66. The van der Waals surface area contributed by atoms with Gasteiger partial charge in [0.2, 0.25) is 0 Å². The number of ether oxygens (including phenoxy) is 1.